The van der Waals surface area contributed by atoms with Crippen LogP contribution >= 0.6 is 23.2 Å². The number of nitrogens with zero attached hydrogens (tertiary/aromatic N) is 2. The minimum absolute atomic E-state index is 0.0369. The van der Waals surface area contributed by atoms with Gasteiger partial charge in [-0.15, -0.1) is 0 Å². The van der Waals surface area contributed by atoms with Gasteiger partial charge in [0, 0.05) is 35.6 Å². The fourth-order valence-corrected chi connectivity index (χ4v) is 5.19. The fraction of sp³-hybridized carbons (Fsp3) is 0.481. The molecule has 11 heteroatoms. The molecule has 0 bridgehead atoms. The summed E-state index contributed by atoms with van der Waals surface area (Å²) in [7, 11) is -3.59. The first-order valence-electron chi connectivity index (χ1n) is 12.6. The van der Waals surface area contributed by atoms with Crippen molar-refractivity contribution in [1.82, 2.24) is 10.2 Å². The molecule has 8 nitrogen and oxygen atoms in total. The number of hydrogen-bond acceptors (Lipinski definition) is 5. The summed E-state index contributed by atoms with van der Waals surface area (Å²) in [5, 5.41) is 3.78. The smallest absolute Gasteiger partial charge is 0.242 e. The van der Waals surface area contributed by atoms with Gasteiger partial charge in [-0.2, -0.15) is 0 Å². The zero-order valence-corrected chi connectivity index (χ0v) is 24.9. The molecule has 0 radical (unpaired) electrons. The van der Waals surface area contributed by atoms with E-state index >= 15 is 0 Å². The highest BCUT2D eigenvalue weighted by Crippen LogP contribution is 2.25. The van der Waals surface area contributed by atoms with Crippen molar-refractivity contribution in [1.29, 1.82) is 0 Å². The van der Waals surface area contributed by atoms with Crippen LogP contribution in [0.4, 0.5) is 5.69 Å². The molecule has 2 rings (SSSR count). The Hall–Kier alpha value is -2.49. The molecule has 0 fully saturated rings. The van der Waals surface area contributed by atoms with Gasteiger partial charge in [-0.3, -0.25) is 13.9 Å². The molecule has 0 aromatic heterocycles. The van der Waals surface area contributed by atoms with Crippen LogP contribution in [0.25, 0.3) is 0 Å². The van der Waals surface area contributed by atoms with Gasteiger partial charge in [0.15, 0.2) is 0 Å². The lowest BCUT2D eigenvalue weighted by molar-refractivity contribution is -0.140. The number of carbonyl (C=O) groups excluding carboxylic acids is 2. The van der Waals surface area contributed by atoms with Gasteiger partial charge >= 0.3 is 0 Å². The molecule has 0 saturated heterocycles. The number of halogens is 2. The maximum Gasteiger partial charge on any atom is 0.242 e. The van der Waals surface area contributed by atoms with Crippen LogP contribution in [-0.4, -0.2) is 56.6 Å². The lowest BCUT2D eigenvalue weighted by atomic mass is 10.1. The number of nitrogens with one attached hydrogen (secondary N) is 1. The summed E-state index contributed by atoms with van der Waals surface area (Å²) < 4.78 is 31.7. The average Bonchev–Trinajstić information content (AvgIpc) is 2.85. The number of anilines is 1. The number of hydrogen-bond donors (Lipinski definition) is 1. The topological polar surface area (TPSA) is 96.0 Å². The maximum absolute atomic E-state index is 13.4. The lowest BCUT2D eigenvalue weighted by Crippen LogP contribution is -2.49. The first-order valence-corrected chi connectivity index (χ1v) is 15.2. The standard InChI is InChI=1S/C27H37Cl2N3O5S/c1-6-19(3)30-27(34)20(4)31(18-21-10-11-22(28)17-25(21)29)26(33)9-8-16-32(38(5,35)36)23-12-14-24(15-13-23)37-7-2/h10-15,17,19-20H,6-9,16,18H2,1-5H3,(H,30,34)/t19-,20+/m0/s1. The van der Waals surface area contributed by atoms with Crippen molar-refractivity contribution < 1.29 is 22.7 Å². The van der Waals surface area contributed by atoms with E-state index < -0.39 is 16.1 Å². The van der Waals surface area contributed by atoms with Crippen molar-refractivity contribution in [3.8, 4) is 5.75 Å². The van der Waals surface area contributed by atoms with E-state index in [1.807, 2.05) is 20.8 Å². The van der Waals surface area contributed by atoms with Crippen molar-refractivity contribution in [3.63, 3.8) is 0 Å². The number of amides is 2. The molecule has 2 aromatic rings. The monoisotopic (exact) mass is 585 g/mol. The quantitative estimate of drug-likeness (QED) is 0.326. The van der Waals surface area contributed by atoms with Crippen LogP contribution in [0, 0.1) is 0 Å². The van der Waals surface area contributed by atoms with E-state index in [0.29, 0.717) is 33.7 Å². The Morgan fingerprint density at radius 1 is 1.05 bits per heavy atom. The van der Waals surface area contributed by atoms with E-state index in [1.165, 1.54) is 9.21 Å². The fourth-order valence-electron chi connectivity index (χ4n) is 3.76. The highest BCUT2D eigenvalue weighted by atomic mass is 35.5. The number of benzene rings is 2. The minimum Gasteiger partial charge on any atom is -0.494 e. The van der Waals surface area contributed by atoms with Crippen LogP contribution in [0.5, 0.6) is 5.75 Å². The van der Waals surface area contributed by atoms with Crippen LogP contribution < -0.4 is 14.4 Å². The second-order valence-electron chi connectivity index (χ2n) is 9.12. The third kappa shape index (κ3) is 9.36. The summed E-state index contributed by atoms with van der Waals surface area (Å²) in [5.74, 6) is 0.0777. The zero-order valence-electron chi connectivity index (χ0n) is 22.5. The van der Waals surface area contributed by atoms with Crippen LogP contribution in [0.3, 0.4) is 0 Å². The molecule has 2 aromatic carbocycles. The van der Waals surface area contributed by atoms with Gasteiger partial charge in [0.2, 0.25) is 21.8 Å². The van der Waals surface area contributed by atoms with Crippen molar-refractivity contribution in [2.75, 3.05) is 23.7 Å². The molecular formula is C27H37Cl2N3O5S. The van der Waals surface area contributed by atoms with Gasteiger partial charge in [0.1, 0.15) is 11.8 Å². The molecule has 38 heavy (non-hydrogen) atoms. The Morgan fingerprint density at radius 3 is 2.26 bits per heavy atom. The first kappa shape index (κ1) is 31.7. The summed E-state index contributed by atoms with van der Waals surface area (Å²) in [5.41, 5.74) is 1.13. The predicted molar refractivity (Wildman–Crippen MR) is 153 cm³/mol. The average molecular weight is 587 g/mol. The van der Waals surface area contributed by atoms with E-state index in [0.717, 1.165) is 12.7 Å². The molecule has 0 aliphatic rings. The third-order valence-electron chi connectivity index (χ3n) is 6.11. The molecule has 2 amide bonds. The molecule has 210 valence electrons. The molecule has 1 N–H and O–H groups in total. The van der Waals surface area contributed by atoms with E-state index in [9.17, 15) is 18.0 Å². The Morgan fingerprint density at radius 2 is 1.71 bits per heavy atom. The van der Waals surface area contributed by atoms with E-state index in [-0.39, 0.29) is 43.8 Å². The van der Waals surface area contributed by atoms with Crippen LogP contribution in [0.1, 0.15) is 52.5 Å². The molecule has 0 saturated carbocycles. The normalized spacial score (nSPS) is 12.9. The molecule has 0 aliphatic heterocycles. The lowest BCUT2D eigenvalue weighted by Gasteiger charge is -2.30. The maximum atomic E-state index is 13.4. The van der Waals surface area contributed by atoms with Crippen molar-refractivity contribution in [3.05, 3.63) is 58.1 Å². The minimum atomic E-state index is -3.59. The van der Waals surface area contributed by atoms with Gasteiger partial charge in [0.25, 0.3) is 0 Å². The Kier molecular flexibility index (Phi) is 12.2. The zero-order chi connectivity index (χ0) is 28.5. The molecule has 0 heterocycles. The molecule has 2 atom stereocenters. The molecule has 0 aliphatic carbocycles. The van der Waals surface area contributed by atoms with Crippen LogP contribution in [-0.2, 0) is 26.2 Å². The second kappa shape index (κ2) is 14.6. The van der Waals surface area contributed by atoms with Gasteiger partial charge in [-0.25, -0.2) is 8.42 Å². The number of ether oxygens (including phenoxy) is 1. The van der Waals surface area contributed by atoms with E-state index in [4.69, 9.17) is 27.9 Å². The van der Waals surface area contributed by atoms with Crippen LogP contribution in [0.2, 0.25) is 10.0 Å². The van der Waals surface area contributed by atoms with Gasteiger partial charge in [0.05, 0.1) is 18.6 Å². The Balaban J connectivity index is 2.20. The number of carbonyl (C=O) groups is 2. The second-order valence-corrected chi connectivity index (χ2v) is 11.9. The van der Waals surface area contributed by atoms with Crippen LogP contribution in [0.15, 0.2) is 42.5 Å². The van der Waals surface area contributed by atoms with Gasteiger partial charge < -0.3 is 15.0 Å². The van der Waals surface area contributed by atoms with E-state index in [2.05, 4.69) is 5.32 Å². The summed E-state index contributed by atoms with van der Waals surface area (Å²) in [4.78, 5) is 27.8. The number of rotatable bonds is 14. The van der Waals surface area contributed by atoms with Crippen molar-refractivity contribution in [2.24, 2.45) is 0 Å². The van der Waals surface area contributed by atoms with E-state index in [1.54, 1.807) is 49.4 Å². The largest absolute Gasteiger partial charge is 0.494 e. The molecule has 0 unspecified atom stereocenters. The Bertz CT molecular complexity index is 1190. The predicted octanol–water partition coefficient (Wildman–Crippen LogP) is 5.27. The SMILES string of the molecule is CCOc1ccc(N(CCCC(=O)N(Cc2ccc(Cl)cc2Cl)[C@H](C)C(=O)N[C@@H](C)CC)S(C)(=O)=O)cc1. The molecular weight excluding hydrogens is 549 g/mol. The van der Waals surface area contributed by atoms with Crippen molar-refractivity contribution >= 4 is 50.7 Å². The third-order valence-corrected chi connectivity index (χ3v) is 7.89. The highest BCUT2D eigenvalue weighted by molar-refractivity contribution is 7.92. The first-order chi connectivity index (χ1) is 17.9. The summed E-state index contributed by atoms with van der Waals surface area (Å²) in [6.45, 7) is 8.11. The molecule has 0 spiro atoms. The highest BCUT2D eigenvalue weighted by Gasteiger charge is 2.28. The van der Waals surface area contributed by atoms with Crippen molar-refractivity contribution in [2.45, 2.75) is 65.6 Å². The summed E-state index contributed by atoms with van der Waals surface area (Å²) in [6.07, 6.45) is 2.17. The van der Waals surface area contributed by atoms with Gasteiger partial charge in [-0.1, -0.05) is 36.2 Å². The number of sulfonamides is 1. The Labute approximate surface area is 236 Å². The van der Waals surface area contributed by atoms with Gasteiger partial charge in [-0.05, 0) is 75.6 Å². The summed E-state index contributed by atoms with van der Waals surface area (Å²) >= 11 is 12.4. The summed E-state index contributed by atoms with van der Waals surface area (Å²) in [6, 6.07) is 10.9.